The highest BCUT2D eigenvalue weighted by molar-refractivity contribution is 6.30. The van der Waals surface area contributed by atoms with Crippen LogP contribution in [0.1, 0.15) is 5.69 Å². The molecule has 0 radical (unpaired) electrons. The van der Waals surface area contributed by atoms with Crippen molar-refractivity contribution in [3.8, 4) is 11.5 Å². The van der Waals surface area contributed by atoms with Gasteiger partial charge in [-0.05, 0) is 24.3 Å². The zero-order chi connectivity index (χ0) is 9.97. The van der Waals surface area contributed by atoms with Gasteiger partial charge in [0.1, 0.15) is 6.26 Å². The zero-order valence-electron chi connectivity index (χ0n) is 7.40. The first-order valence-corrected chi connectivity index (χ1v) is 4.58. The summed E-state index contributed by atoms with van der Waals surface area (Å²) in [5.41, 5.74) is 7.06. The van der Waals surface area contributed by atoms with Crippen LogP contribution < -0.4 is 5.73 Å². The summed E-state index contributed by atoms with van der Waals surface area (Å²) in [6.45, 7) is 0.386. The number of aromatic nitrogens is 1. The molecule has 14 heavy (non-hydrogen) atoms. The summed E-state index contributed by atoms with van der Waals surface area (Å²) in [6, 6.07) is 7.30. The fourth-order valence-electron chi connectivity index (χ4n) is 1.13. The van der Waals surface area contributed by atoms with Crippen molar-refractivity contribution in [3.05, 3.63) is 41.2 Å². The molecule has 0 amide bonds. The SMILES string of the molecule is NCc1coc(-c2ccc(Cl)cc2)n1. The number of rotatable bonds is 2. The Morgan fingerprint density at radius 2 is 2.00 bits per heavy atom. The van der Waals surface area contributed by atoms with E-state index in [2.05, 4.69) is 4.98 Å². The highest BCUT2D eigenvalue weighted by atomic mass is 35.5. The van der Waals surface area contributed by atoms with Gasteiger partial charge < -0.3 is 10.2 Å². The van der Waals surface area contributed by atoms with Crippen molar-refractivity contribution >= 4 is 11.6 Å². The first-order chi connectivity index (χ1) is 6.79. The van der Waals surface area contributed by atoms with Gasteiger partial charge >= 0.3 is 0 Å². The van der Waals surface area contributed by atoms with Crippen molar-refractivity contribution in [2.24, 2.45) is 5.73 Å². The molecule has 1 aromatic heterocycles. The predicted molar refractivity (Wildman–Crippen MR) is 54.8 cm³/mol. The highest BCUT2D eigenvalue weighted by Crippen LogP contribution is 2.20. The molecule has 0 aliphatic carbocycles. The molecule has 0 spiro atoms. The molecule has 3 nitrogen and oxygen atoms in total. The maximum Gasteiger partial charge on any atom is 0.226 e. The summed E-state index contributed by atoms with van der Waals surface area (Å²) in [7, 11) is 0. The minimum atomic E-state index is 0.386. The molecule has 0 unspecified atom stereocenters. The molecular formula is C10H9ClN2O. The van der Waals surface area contributed by atoms with Gasteiger partial charge in [-0.25, -0.2) is 4.98 Å². The van der Waals surface area contributed by atoms with Crippen LogP contribution in [0.4, 0.5) is 0 Å². The maximum atomic E-state index is 5.76. The van der Waals surface area contributed by atoms with Crippen molar-refractivity contribution in [3.63, 3.8) is 0 Å². The van der Waals surface area contributed by atoms with Crippen LogP contribution in [0.5, 0.6) is 0 Å². The molecule has 1 heterocycles. The van der Waals surface area contributed by atoms with Crippen LogP contribution in [0, 0.1) is 0 Å². The Bertz CT molecular complexity index is 422. The largest absolute Gasteiger partial charge is 0.444 e. The molecule has 0 bridgehead atoms. The third-order valence-corrected chi connectivity index (χ3v) is 2.10. The molecule has 2 rings (SSSR count). The predicted octanol–water partition coefficient (Wildman–Crippen LogP) is 2.45. The highest BCUT2D eigenvalue weighted by Gasteiger charge is 2.04. The van der Waals surface area contributed by atoms with E-state index in [1.54, 1.807) is 18.4 Å². The molecule has 0 aliphatic rings. The number of halogens is 1. The standard InChI is InChI=1S/C10H9ClN2O/c11-8-3-1-7(2-4-8)10-13-9(5-12)6-14-10/h1-4,6H,5,12H2. The Balaban J connectivity index is 2.34. The number of benzene rings is 1. The topological polar surface area (TPSA) is 52.0 Å². The Hall–Kier alpha value is -1.32. The first kappa shape index (κ1) is 9.24. The average molecular weight is 209 g/mol. The maximum absolute atomic E-state index is 5.76. The molecule has 2 aromatic rings. The summed E-state index contributed by atoms with van der Waals surface area (Å²) in [5, 5.41) is 0.694. The fraction of sp³-hybridized carbons (Fsp3) is 0.100. The second kappa shape index (κ2) is 3.82. The molecule has 0 fully saturated rings. The van der Waals surface area contributed by atoms with Gasteiger partial charge in [-0.15, -0.1) is 0 Å². The van der Waals surface area contributed by atoms with E-state index < -0.39 is 0 Å². The molecular weight excluding hydrogens is 200 g/mol. The van der Waals surface area contributed by atoms with Crippen molar-refractivity contribution < 1.29 is 4.42 Å². The number of oxazole rings is 1. The lowest BCUT2D eigenvalue weighted by atomic mass is 10.2. The summed E-state index contributed by atoms with van der Waals surface area (Å²) < 4.78 is 5.25. The first-order valence-electron chi connectivity index (χ1n) is 4.20. The second-order valence-corrected chi connectivity index (χ2v) is 3.29. The van der Waals surface area contributed by atoms with Gasteiger partial charge in [0, 0.05) is 17.1 Å². The van der Waals surface area contributed by atoms with Gasteiger partial charge in [0.25, 0.3) is 0 Å². The van der Waals surface area contributed by atoms with E-state index in [-0.39, 0.29) is 0 Å². The van der Waals surface area contributed by atoms with E-state index in [1.165, 1.54) is 0 Å². The van der Waals surface area contributed by atoms with Crippen LogP contribution >= 0.6 is 11.6 Å². The molecule has 0 saturated carbocycles. The van der Waals surface area contributed by atoms with Gasteiger partial charge in [-0.1, -0.05) is 11.6 Å². The van der Waals surface area contributed by atoms with Crippen molar-refractivity contribution in [2.75, 3.05) is 0 Å². The quantitative estimate of drug-likeness (QED) is 0.825. The van der Waals surface area contributed by atoms with Crippen LogP contribution in [-0.2, 0) is 6.54 Å². The van der Waals surface area contributed by atoms with E-state index in [0.717, 1.165) is 11.3 Å². The van der Waals surface area contributed by atoms with E-state index in [4.69, 9.17) is 21.8 Å². The smallest absolute Gasteiger partial charge is 0.226 e. The zero-order valence-corrected chi connectivity index (χ0v) is 8.16. The van der Waals surface area contributed by atoms with Crippen molar-refractivity contribution in [1.82, 2.24) is 4.98 Å². The lowest BCUT2D eigenvalue weighted by Gasteiger charge is -1.94. The number of hydrogen-bond donors (Lipinski definition) is 1. The molecule has 72 valence electrons. The van der Waals surface area contributed by atoms with Crippen LogP contribution in [0.25, 0.3) is 11.5 Å². The van der Waals surface area contributed by atoms with E-state index >= 15 is 0 Å². The summed E-state index contributed by atoms with van der Waals surface area (Å²) in [4.78, 5) is 4.19. The lowest BCUT2D eigenvalue weighted by molar-refractivity contribution is 0.572. The van der Waals surface area contributed by atoms with Crippen molar-refractivity contribution in [1.29, 1.82) is 0 Å². The summed E-state index contributed by atoms with van der Waals surface area (Å²) in [5.74, 6) is 0.571. The van der Waals surface area contributed by atoms with Gasteiger partial charge in [0.15, 0.2) is 0 Å². The van der Waals surface area contributed by atoms with Crippen LogP contribution in [0.15, 0.2) is 34.9 Å². The normalized spacial score (nSPS) is 10.4. The molecule has 0 atom stereocenters. The molecule has 0 saturated heterocycles. The average Bonchev–Trinajstić information content (AvgIpc) is 2.67. The van der Waals surface area contributed by atoms with Crippen LogP contribution in [0.3, 0.4) is 0 Å². The van der Waals surface area contributed by atoms with Gasteiger partial charge in [0.05, 0.1) is 5.69 Å². The fourth-order valence-corrected chi connectivity index (χ4v) is 1.25. The Labute approximate surface area is 86.5 Å². The summed E-state index contributed by atoms with van der Waals surface area (Å²) >= 11 is 5.76. The van der Waals surface area contributed by atoms with E-state index in [9.17, 15) is 0 Å². The Morgan fingerprint density at radius 3 is 2.57 bits per heavy atom. The minimum absolute atomic E-state index is 0.386. The third kappa shape index (κ3) is 1.78. The third-order valence-electron chi connectivity index (χ3n) is 1.85. The summed E-state index contributed by atoms with van der Waals surface area (Å²) in [6.07, 6.45) is 1.56. The lowest BCUT2D eigenvalue weighted by Crippen LogP contribution is -1.95. The number of nitrogens with zero attached hydrogens (tertiary/aromatic N) is 1. The van der Waals surface area contributed by atoms with Gasteiger partial charge in [-0.2, -0.15) is 0 Å². The van der Waals surface area contributed by atoms with Crippen LogP contribution in [0.2, 0.25) is 5.02 Å². The molecule has 2 N–H and O–H groups in total. The molecule has 1 aromatic carbocycles. The van der Waals surface area contributed by atoms with Crippen molar-refractivity contribution in [2.45, 2.75) is 6.54 Å². The van der Waals surface area contributed by atoms with E-state index in [1.807, 2.05) is 12.1 Å². The number of hydrogen-bond acceptors (Lipinski definition) is 3. The minimum Gasteiger partial charge on any atom is -0.444 e. The number of nitrogens with two attached hydrogens (primary N) is 1. The second-order valence-electron chi connectivity index (χ2n) is 2.86. The Morgan fingerprint density at radius 1 is 1.29 bits per heavy atom. The molecule has 4 heteroatoms. The van der Waals surface area contributed by atoms with Crippen LogP contribution in [-0.4, -0.2) is 4.98 Å². The molecule has 0 aliphatic heterocycles. The van der Waals surface area contributed by atoms with Gasteiger partial charge in [-0.3, -0.25) is 0 Å². The monoisotopic (exact) mass is 208 g/mol. The van der Waals surface area contributed by atoms with E-state index in [0.29, 0.717) is 17.5 Å². The Kier molecular flexibility index (Phi) is 2.52. The van der Waals surface area contributed by atoms with Gasteiger partial charge in [0.2, 0.25) is 5.89 Å².